The van der Waals surface area contributed by atoms with Crippen molar-refractivity contribution in [3.63, 3.8) is 0 Å². The summed E-state index contributed by atoms with van der Waals surface area (Å²) in [6, 6.07) is 9.70. The van der Waals surface area contributed by atoms with Crippen molar-refractivity contribution in [1.82, 2.24) is 4.57 Å². The number of carbonyl (C=O) groups excluding carboxylic acids is 1. The topological polar surface area (TPSA) is 77.5 Å². The standard InChI is InChI=1S/C16H12ClN3O3S/c1-9-4-3-5-13-14(9)19(2)16(24-13)18-15(21)11-8-10(17)6-7-12(11)20(22)23/h3-8H,1-2H3. The number of aromatic nitrogens is 1. The molecule has 122 valence electrons. The van der Waals surface area contributed by atoms with Crippen molar-refractivity contribution >= 4 is 44.7 Å². The molecule has 3 rings (SSSR count). The fraction of sp³-hybridized carbons (Fsp3) is 0.125. The molecule has 0 saturated heterocycles. The summed E-state index contributed by atoms with van der Waals surface area (Å²) in [7, 11) is 1.81. The normalized spacial score (nSPS) is 11.9. The third-order valence-corrected chi connectivity index (χ3v) is 4.94. The lowest BCUT2D eigenvalue weighted by atomic mass is 10.2. The molecule has 0 N–H and O–H groups in total. The first-order valence-corrected chi connectivity index (χ1v) is 8.16. The lowest BCUT2D eigenvalue weighted by molar-refractivity contribution is -0.385. The first-order chi connectivity index (χ1) is 11.4. The Morgan fingerprint density at radius 3 is 2.75 bits per heavy atom. The second-order valence-corrected chi connectivity index (χ2v) is 6.65. The number of halogens is 1. The molecule has 0 fully saturated rings. The summed E-state index contributed by atoms with van der Waals surface area (Å²) < 4.78 is 2.80. The van der Waals surface area contributed by atoms with Gasteiger partial charge >= 0.3 is 0 Å². The first-order valence-electron chi connectivity index (χ1n) is 6.96. The number of para-hydroxylation sites is 1. The number of thiazole rings is 1. The zero-order chi connectivity index (χ0) is 17.4. The third-order valence-electron chi connectivity index (χ3n) is 3.61. The number of hydrogen-bond donors (Lipinski definition) is 0. The summed E-state index contributed by atoms with van der Waals surface area (Å²) in [5.41, 5.74) is 1.61. The Balaban J connectivity index is 2.18. The molecule has 0 radical (unpaired) electrons. The molecular formula is C16H12ClN3O3S. The maximum Gasteiger partial charge on any atom is 0.286 e. The highest BCUT2D eigenvalue weighted by molar-refractivity contribution is 7.16. The molecule has 0 aliphatic carbocycles. The lowest BCUT2D eigenvalue weighted by Gasteiger charge is -2.00. The Bertz CT molecular complexity index is 1050. The molecule has 3 aromatic rings. The van der Waals surface area contributed by atoms with Gasteiger partial charge in [0.1, 0.15) is 5.56 Å². The predicted molar refractivity (Wildman–Crippen MR) is 93.5 cm³/mol. The minimum Gasteiger partial charge on any atom is -0.319 e. The van der Waals surface area contributed by atoms with Crippen molar-refractivity contribution in [2.45, 2.75) is 6.92 Å². The monoisotopic (exact) mass is 361 g/mol. The number of amides is 1. The van der Waals surface area contributed by atoms with Gasteiger partial charge in [-0.05, 0) is 30.7 Å². The van der Waals surface area contributed by atoms with Gasteiger partial charge in [0.05, 0.1) is 15.1 Å². The first kappa shape index (κ1) is 16.4. The molecule has 0 unspecified atom stereocenters. The molecule has 24 heavy (non-hydrogen) atoms. The van der Waals surface area contributed by atoms with Gasteiger partial charge < -0.3 is 4.57 Å². The summed E-state index contributed by atoms with van der Waals surface area (Å²) in [6.07, 6.45) is 0. The zero-order valence-corrected chi connectivity index (χ0v) is 14.4. The van der Waals surface area contributed by atoms with E-state index in [2.05, 4.69) is 4.99 Å². The van der Waals surface area contributed by atoms with E-state index < -0.39 is 10.8 Å². The minimum absolute atomic E-state index is 0.123. The summed E-state index contributed by atoms with van der Waals surface area (Å²) in [5.74, 6) is -0.691. The van der Waals surface area contributed by atoms with Crippen LogP contribution in [0.15, 0.2) is 41.4 Å². The molecule has 1 heterocycles. The van der Waals surface area contributed by atoms with E-state index >= 15 is 0 Å². The third kappa shape index (κ3) is 2.83. The van der Waals surface area contributed by atoms with E-state index in [0.717, 1.165) is 15.8 Å². The van der Waals surface area contributed by atoms with Crippen LogP contribution < -0.4 is 4.80 Å². The van der Waals surface area contributed by atoms with Crippen molar-refractivity contribution in [3.05, 3.63) is 67.5 Å². The van der Waals surface area contributed by atoms with Crippen molar-refractivity contribution in [2.75, 3.05) is 0 Å². The second-order valence-electron chi connectivity index (χ2n) is 5.20. The quantitative estimate of drug-likeness (QED) is 0.513. The van der Waals surface area contributed by atoms with E-state index in [0.29, 0.717) is 4.80 Å². The van der Waals surface area contributed by atoms with Crippen LogP contribution in [0.1, 0.15) is 15.9 Å². The summed E-state index contributed by atoms with van der Waals surface area (Å²) >= 11 is 7.22. The Hall–Kier alpha value is -2.51. The van der Waals surface area contributed by atoms with Crippen molar-refractivity contribution < 1.29 is 9.72 Å². The van der Waals surface area contributed by atoms with Gasteiger partial charge in [0.2, 0.25) is 0 Å². The van der Waals surface area contributed by atoms with E-state index in [-0.39, 0.29) is 16.3 Å². The number of nitrogens with zero attached hydrogens (tertiary/aromatic N) is 3. The van der Waals surface area contributed by atoms with Gasteiger partial charge in [0.15, 0.2) is 4.80 Å². The largest absolute Gasteiger partial charge is 0.319 e. The molecule has 8 heteroatoms. The Morgan fingerprint density at radius 2 is 2.08 bits per heavy atom. The molecule has 0 aliphatic rings. The molecule has 2 aromatic carbocycles. The van der Waals surface area contributed by atoms with Crippen LogP contribution in [0, 0.1) is 17.0 Å². The van der Waals surface area contributed by atoms with Gasteiger partial charge in [-0.3, -0.25) is 14.9 Å². The molecular weight excluding hydrogens is 350 g/mol. The second kappa shape index (κ2) is 6.18. The van der Waals surface area contributed by atoms with E-state index in [4.69, 9.17) is 11.6 Å². The van der Waals surface area contributed by atoms with Crippen LogP contribution >= 0.6 is 22.9 Å². The van der Waals surface area contributed by atoms with Crippen LogP contribution in [0.25, 0.3) is 10.2 Å². The maximum atomic E-state index is 12.5. The zero-order valence-electron chi connectivity index (χ0n) is 12.8. The molecule has 1 amide bonds. The van der Waals surface area contributed by atoms with Crippen molar-refractivity contribution in [1.29, 1.82) is 0 Å². The number of fused-ring (bicyclic) bond motifs is 1. The number of aryl methyl sites for hydroxylation is 2. The molecule has 0 spiro atoms. The number of carbonyl (C=O) groups is 1. The predicted octanol–water partition coefficient (Wildman–Crippen LogP) is 3.85. The average molecular weight is 362 g/mol. The number of hydrogen-bond acceptors (Lipinski definition) is 4. The van der Waals surface area contributed by atoms with Crippen LogP contribution in [0.2, 0.25) is 5.02 Å². The summed E-state index contributed by atoms with van der Waals surface area (Å²) in [6.45, 7) is 1.97. The Kier molecular flexibility index (Phi) is 4.21. The lowest BCUT2D eigenvalue weighted by Crippen LogP contribution is -2.14. The molecule has 0 atom stereocenters. The average Bonchev–Trinajstić information content (AvgIpc) is 2.84. The highest BCUT2D eigenvalue weighted by atomic mass is 35.5. The Labute approximate surface area is 145 Å². The maximum absolute atomic E-state index is 12.5. The van der Waals surface area contributed by atoms with Gasteiger partial charge in [-0.25, -0.2) is 0 Å². The fourth-order valence-electron chi connectivity index (χ4n) is 2.49. The highest BCUT2D eigenvalue weighted by Crippen LogP contribution is 2.24. The van der Waals surface area contributed by atoms with Crippen molar-refractivity contribution in [2.24, 2.45) is 12.0 Å². The number of rotatable bonds is 2. The number of benzene rings is 2. The molecule has 0 aliphatic heterocycles. The van der Waals surface area contributed by atoms with Crippen LogP contribution in [0.4, 0.5) is 5.69 Å². The fourth-order valence-corrected chi connectivity index (χ4v) is 3.76. The highest BCUT2D eigenvalue weighted by Gasteiger charge is 2.20. The van der Waals surface area contributed by atoms with E-state index in [1.54, 1.807) is 0 Å². The molecule has 0 saturated carbocycles. The van der Waals surface area contributed by atoms with E-state index in [1.165, 1.54) is 29.5 Å². The van der Waals surface area contributed by atoms with Gasteiger partial charge in [-0.2, -0.15) is 4.99 Å². The number of nitro groups is 1. The smallest absolute Gasteiger partial charge is 0.286 e. The van der Waals surface area contributed by atoms with Crippen LogP contribution in [0.5, 0.6) is 0 Å². The summed E-state index contributed by atoms with van der Waals surface area (Å²) in [4.78, 5) is 27.5. The van der Waals surface area contributed by atoms with Gasteiger partial charge in [0, 0.05) is 18.1 Å². The van der Waals surface area contributed by atoms with Crippen LogP contribution in [-0.4, -0.2) is 15.4 Å². The Morgan fingerprint density at radius 1 is 1.33 bits per heavy atom. The van der Waals surface area contributed by atoms with Crippen LogP contribution in [0.3, 0.4) is 0 Å². The van der Waals surface area contributed by atoms with E-state index in [9.17, 15) is 14.9 Å². The van der Waals surface area contributed by atoms with E-state index in [1.807, 2.05) is 36.7 Å². The molecule has 1 aromatic heterocycles. The van der Waals surface area contributed by atoms with Crippen molar-refractivity contribution in [3.8, 4) is 0 Å². The number of nitro benzene ring substituents is 1. The van der Waals surface area contributed by atoms with Gasteiger partial charge in [-0.15, -0.1) is 0 Å². The SMILES string of the molecule is Cc1cccc2sc(=NC(=O)c3cc(Cl)ccc3[N+](=O)[O-])n(C)c12. The molecule has 6 nitrogen and oxygen atoms in total. The minimum atomic E-state index is -0.691. The summed E-state index contributed by atoms with van der Waals surface area (Å²) in [5, 5.41) is 11.4. The van der Waals surface area contributed by atoms with Gasteiger partial charge in [-0.1, -0.05) is 35.1 Å². The molecule has 0 bridgehead atoms. The van der Waals surface area contributed by atoms with Gasteiger partial charge in [0.25, 0.3) is 11.6 Å². The van der Waals surface area contributed by atoms with Crippen LogP contribution in [-0.2, 0) is 7.05 Å².